The van der Waals surface area contributed by atoms with E-state index in [0.29, 0.717) is 0 Å². The van der Waals surface area contributed by atoms with E-state index in [9.17, 15) is 5.11 Å². The van der Waals surface area contributed by atoms with E-state index in [4.69, 9.17) is 4.74 Å². The van der Waals surface area contributed by atoms with E-state index in [-0.39, 0.29) is 0 Å². The molecule has 0 aliphatic rings. The highest BCUT2D eigenvalue weighted by atomic mass is 16.5. The fourth-order valence-corrected chi connectivity index (χ4v) is 1.50. The van der Waals surface area contributed by atoms with Crippen LogP contribution >= 0.6 is 0 Å². The molecule has 0 aromatic heterocycles. The van der Waals surface area contributed by atoms with Crippen molar-refractivity contribution in [3.05, 3.63) is 35.4 Å². The van der Waals surface area contributed by atoms with Crippen molar-refractivity contribution in [1.29, 1.82) is 0 Å². The fourth-order valence-electron chi connectivity index (χ4n) is 1.50. The Morgan fingerprint density at radius 3 is 2.60 bits per heavy atom. The van der Waals surface area contributed by atoms with Crippen molar-refractivity contribution in [2.24, 2.45) is 0 Å². The molecular formula is C13H20O2. The van der Waals surface area contributed by atoms with Gasteiger partial charge in [-0.3, -0.25) is 0 Å². The molecule has 2 nitrogen and oxygen atoms in total. The molecule has 0 bridgehead atoms. The number of hydrogen-bond acceptors (Lipinski definition) is 2. The van der Waals surface area contributed by atoms with Crippen LogP contribution in [0.4, 0.5) is 0 Å². The third kappa shape index (κ3) is 2.80. The topological polar surface area (TPSA) is 29.5 Å². The summed E-state index contributed by atoms with van der Waals surface area (Å²) in [5.74, 6) is 0. The smallest absolute Gasteiger partial charge is 0.107 e. The number of rotatable bonds is 4. The molecule has 0 aliphatic carbocycles. The van der Waals surface area contributed by atoms with E-state index in [0.717, 1.165) is 12.0 Å². The van der Waals surface area contributed by atoms with Gasteiger partial charge < -0.3 is 9.84 Å². The molecule has 1 aromatic rings. The Balaban J connectivity index is 2.95. The first-order valence-electron chi connectivity index (χ1n) is 5.33. The third-order valence-electron chi connectivity index (χ3n) is 2.86. The van der Waals surface area contributed by atoms with Gasteiger partial charge in [0.1, 0.15) is 6.10 Å². The SMILES string of the molecule is CCc1cccc(C(O)C(C)(C)OC)c1. The van der Waals surface area contributed by atoms with Crippen molar-refractivity contribution in [1.82, 2.24) is 0 Å². The second kappa shape index (κ2) is 4.77. The van der Waals surface area contributed by atoms with Crippen LogP contribution in [0.15, 0.2) is 24.3 Å². The van der Waals surface area contributed by atoms with Gasteiger partial charge in [0.05, 0.1) is 5.60 Å². The Labute approximate surface area is 91.9 Å². The van der Waals surface area contributed by atoms with Gasteiger partial charge in [0, 0.05) is 7.11 Å². The zero-order chi connectivity index (χ0) is 11.5. The first-order chi connectivity index (χ1) is 7.01. The number of aryl methyl sites for hydroxylation is 1. The van der Waals surface area contributed by atoms with Crippen LogP contribution in [-0.4, -0.2) is 17.8 Å². The number of aliphatic hydroxyl groups excluding tert-OH is 1. The lowest BCUT2D eigenvalue weighted by atomic mass is 9.93. The van der Waals surface area contributed by atoms with Crippen molar-refractivity contribution in [2.75, 3.05) is 7.11 Å². The summed E-state index contributed by atoms with van der Waals surface area (Å²) in [7, 11) is 1.62. The van der Waals surface area contributed by atoms with Gasteiger partial charge in [0.25, 0.3) is 0 Å². The van der Waals surface area contributed by atoms with Crippen molar-refractivity contribution < 1.29 is 9.84 Å². The summed E-state index contributed by atoms with van der Waals surface area (Å²) < 4.78 is 5.28. The lowest BCUT2D eigenvalue weighted by Crippen LogP contribution is -2.31. The largest absolute Gasteiger partial charge is 0.385 e. The predicted octanol–water partition coefficient (Wildman–Crippen LogP) is 2.71. The summed E-state index contributed by atoms with van der Waals surface area (Å²) in [5, 5.41) is 10.1. The Kier molecular flexibility index (Phi) is 3.89. The van der Waals surface area contributed by atoms with E-state index in [2.05, 4.69) is 13.0 Å². The molecule has 0 saturated heterocycles. The normalized spacial score (nSPS) is 13.9. The van der Waals surface area contributed by atoms with Crippen molar-refractivity contribution >= 4 is 0 Å². The number of aliphatic hydroxyl groups is 1. The Hall–Kier alpha value is -0.860. The zero-order valence-electron chi connectivity index (χ0n) is 9.95. The summed E-state index contributed by atoms with van der Waals surface area (Å²) in [6.07, 6.45) is 0.391. The monoisotopic (exact) mass is 208 g/mol. The van der Waals surface area contributed by atoms with Crippen LogP contribution in [0.5, 0.6) is 0 Å². The average molecular weight is 208 g/mol. The Morgan fingerprint density at radius 2 is 2.07 bits per heavy atom. The maximum atomic E-state index is 10.1. The Bertz CT molecular complexity index is 318. The van der Waals surface area contributed by atoms with Crippen molar-refractivity contribution in [2.45, 2.75) is 38.9 Å². The third-order valence-corrected chi connectivity index (χ3v) is 2.86. The molecule has 0 radical (unpaired) electrons. The van der Waals surface area contributed by atoms with E-state index in [1.807, 2.05) is 32.0 Å². The van der Waals surface area contributed by atoms with E-state index >= 15 is 0 Å². The second-order valence-corrected chi connectivity index (χ2v) is 4.31. The lowest BCUT2D eigenvalue weighted by molar-refractivity contribution is -0.0793. The molecule has 84 valence electrons. The highest BCUT2D eigenvalue weighted by molar-refractivity contribution is 5.26. The molecule has 1 atom stereocenters. The lowest BCUT2D eigenvalue weighted by Gasteiger charge is -2.29. The molecule has 0 saturated carbocycles. The van der Waals surface area contributed by atoms with Crippen LogP contribution < -0.4 is 0 Å². The van der Waals surface area contributed by atoms with Crippen LogP contribution in [0, 0.1) is 0 Å². The maximum Gasteiger partial charge on any atom is 0.107 e. The van der Waals surface area contributed by atoms with E-state index in [1.54, 1.807) is 7.11 Å². The quantitative estimate of drug-likeness (QED) is 0.824. The van der Waals surface area contributed by atoms with Gasteiger partial charge in [0.2, 0.25) is 0 Å². The molecule has 0 aliphatic heterocycles. The Morgan fingerprint density at radius 1 is 1.40 bits per heavy atom. The minimum absolute atomic E-state index is 0.549. The first kappa shape index (κ1) is 12.2. The van der Waals surface area contributed by atoms with Crippen LogP contribution in [0.1, 0.15) is 38.0 Å². The molecule has 0 fully saturated rings. The number of hydrogen-bond donors (Lipinski definition) is 1. The van der Waals surface area contributed by atoms with Gasteiger partial charge in [-0.15, -0.1) is 0 Å². The molecule has 1 aromatic carbocycles. The van der Waals surface area contributed by atoms with Crippen molar-refractivity contribution in [3.63, 3.8) is 0 Å². The molecule has 0 heterocycles. The highest BCUT2D eigenvalue weighted by Crippen LogP contribution is 2.28. The summed E-state index contributed by atoms with van der Waals surface area (Å²) in [4.78, 5) is 0. The number of methoxy groups -OCH3 is 1. The second-order valence-electron chi connectivity index (χ2n) is 4.31. The molecule has 15 heavy (non-hydrogen) atoms. The van der Waals surface area contributed by atoms with Gasteiger partial charge >= 0.3 is 0 Å². The zero-order valence-corrected chi connectivity index (χ0v) is 9.95. The van der Waals surface area contributed by atoms with E-state index < -0.39 is 11.7 Å². The molecule has 1 N–H and O–H groups in total. The summed E-state index contributed by atoms with van der Waals surface area (Å²) >= 11 is 0. The summed E-state index contributed by atoms with van der Waals surface area (Å²) in [5.41, 5.74) is 1.60. The van der Waals surface area contributed by atoms with Gasteiger partial charge in [-0.05, 0) is 31.4 Å². The summed E-state index contributed by atoms with van der Waals surface area (Å²) in [6.45, 7) is 5.87. The minimum Gasteiger partial charge on any atom is -0.385 e. The first-order valence-corrected chi connectivity index (χ1v) is 5.33. The molecular weight excluding hydrogens is 188 g/mol. The molecule has 1 unspecified atom stereocenters. The van der Waals surface area contributed by atoms with Gasteiger partial charge in [-0.1, -0.05) is 31.2 Å². The van der Waals surface area contributed by atoms with Gasteiger partial charge in [0.15, 0.2) is 0 Å². The average Bonchev–Trinajstić information content (AvgIpc) is 2.28. The molecule has 1 rings (SSSR count). The van der Waals surface area contributed by atoms with E-state index in [1.165, 1.54) is 5.56 Å². The minimum atomic E-state index is -0.589. The predicted molar refractivity (Wildman–Crippen MR) is 61.9 cm³/mol. The molecule has 0 amide bonds. The van der Waals surface area contributed by atoms with Crippen LogP contribution in [0.25, 0.3) is 0 Å². The van der Waals surface area contributed by atoms with Gasteiger partial charge in [-0.2, -0.15) is 0 Å². The highest BCUT2D eigenvalue weighted by Gasteiger charge is 2.28. The standard InChI is InChI=1S/C13H20O2/c1-5-10-7-6-8-11(9-10)12(14)13(2,3)15-4/h6-9,12,14H,5H2,1-4H3. The number of ether oxygens (including phenoxy) is 1. The number of benzene rings is 1. The van der Waals surface area contributed by atoms with Crippen LogP contribution in [0.2, 0.25) is 0 Å². The maximum absolute atomic E-state index is 10.1. The van der Waals surface area contributed by atoms with Gasteiger partial charge in [-0.25, -0.2) is 0 Å². The van der Waals surface area contributed by atoms with Crippen LogP contribution in [-0.2, 0) is 11.2 Å². The fraction of sp³-hybridized carbons (Fsp3) is 0.538. The molecule has 0 spiro atoms. The van der Waals surface area contributed by atoms with Crippen LogP contribution in [0.3, 0.4) is 0 Å². The molecule has 2 heteroatoms. The van der Waals surface area contributed by atoms with Crippen molar-refractivity contribution in [3.8, 4) is 0 Å². The summed E-state index contributed by atoms with van der Waals surface area (Å²) in [6, 6.07) is 8.01.